The van der Waals surface area contributed by atoms with E-state index >= 15 is 0 Å². The van der Waals surface area contributed by atoms with Crippen molar-refractivity contribution in [3.8, 4) is 5.75 Å². The molecule has 0 saturated heterocycles. The summed E-state index contributed by atoms with van der Waals surface area (Å²) in [6.45, 7) is 3.60. The molecule has 1 aromatic heterocycles. The third-order valence-corrected chi connectivity index (χ3v) is 4.69. The molecule has 2 rings (SSSR count). The minimum Gasteiger partial charge on any atom is -0.508 e. The van der Waals surface area contributed by atoms with E-state index in [1.165, 1.54) is 18.2 Å². The van der Waals surface area contributed by atoms with Gasteiger partial charge < -0.3 is 18.6 Å². The van der Waals surface area contributed by atoms with E-state index in [-0.39, 0.29) is 29.9 Å². The highest BCUT2D eigenvalue weighted by molar-refractivity contribution is 7.62. The SMILES string of the molecule is CCOP(=O)(OCC)c1cc2ccc(O)cc2oc1=O. The van der Waals surface area contributed by atoms with Gasteiger partial charge in [0.05, 0.1) is 13.2 Å². The van der Waals surface area contributed by atoms with Crippen molar-refractivity contribution in [2.24, 2.45) is 0 Å². The molecule has 0 atom stereocenters. The van der Waals surface area contributed by atoms with Crippen molar-refractivity contribution in [3.63, 3.8) is 0 Å². The fourth-order valence-electron chi connectivity index (χ4n) is 1.80. The van der Waals surface area contributed by atoms with Gasteiger partial charge in [-0.15, -0.1) is 0 Å². The lowest BCUT2D eigenvalue weighted by Crippen LogP contribution is -2.26. The molecule has 0 aliphatic carbocycles. The third kappa shape index (κ3) is 2.77. The average Bonchev–Trinajstić information content (AvgIpc) is 2.38. The topological polar surface area (TPSA) is 86.0 Å². The first-order valence-corrected chi connectivity index (χ1v) is 7.71. The van der Waals surface area contributed by atoms with Crippen molar-refractivity contribution in [1.82, 2.24) is 0 Å². The summed E-state index contributed by atoms with van der Waals surface area (Å²) in [6.07, 6.45) is 0. The van der Waals surface area contributed by atoms with Crippen LogP contribution in [-0.4, -0.2) is 18.3 Å². The van der Waals surface area contributed by atoms with Crippen LogP contribution in [0.15, 0.2) is 33.5 Å². The molecule has 108 valence electrons. The molecule has 0 aliphatic heterocycles. The quantitative estimate of drug-likeness (QED) is 0.673. The lowest BCUT2D eigenvalue weighted by atomic mass is 10.2. The van der Waals surface area contributed by atoms with E-state index in [0.717, 1.165) is 0 Å². The van der Waals surface area contributed by atoms with Crippen LogP contribution in [0.25, 0.3) is 11.0 Å². The highest BCUT2D eigenvalue weighted by Crippen LogP contribution is 2.46. The summed E-state index contributed by atoms with van der Waals surface area (Å²) in [7, 11) is -3.69. The van der Waals surface area contributed by atoms with Gasteiger partial charge in [-0.3, -0.25) is 4.57 Å². The summed E-state index contributed by atoms with van der Waals surface area (Å²) in [5.41, 5.74) is -0.591. The number of fused-ring (bicyclic) bond motifs is 1. The Labute approximate surface area is 115 Å². The molecule has 0 bridgehead atoms. The first kappa shape index (κ1) is 14.8. The molecule has 1 aromatic carbocycles. The Morgan fingerprint density at radius 3 is 2.45 bits per heavy atom. The lowest BCUT2D eigenvalue weighted by molar-refractivity contribution is 0.229. The molecule has 0 fully saturated rings. The van der Waals surface area contributed by atoms with Crippen LogP contribution in [0.2, 0.25) is 0 Å². The van der Waals surface area contributed by atoms with Gasteiger partial charge in [-0.1, -0.05) is 0 Å². The maximum atomic E-state index is 12.6. The van der Waals surface area contributed by atoms with Gasteiger partial charge in [-0.2, -0.15) is 0 Å². The van der Waals surface area contributed by atoms with Crippen LogP contribution in [0, 0.1) is 0 Å². The average molecular weight is 298 g/mol. The van der Waals surface area contributed by atoms with Crippen molar-refractivity contribution in [2.45, 2.75) is 13.8 Å². The summed E-state index contributed by atoms with van der Waals surface area (Å²) in [5.74, 6) is -0.0220. The molecular formula is C13H15O6P. The molecule has 0 radical (unpaired) electrons. The van der Waals surface area contributed by atoms with Gasteiger partial charge in [0.25, 0.3) is 0 Å². The maximum absolute atomic E-state index is 12.6. The Balaban J connectivity index is 2.64. The van der Waals surface area contributed by atoms with Crippen LogP contribution in [0.1, 0.15) is 13.8 Å². The number of aromatic hydroxyl groups is 1. The zero-order valence-electron chi connectivity index (χ0n) is 11.2. The molecule has 0 unspecified atom stereocenters. The Bertz CT molecular complexity index is 710. The van der Waals surface area contributed by atoms with E-state index < -0.39 is 13.2 Å². The fraction of sp³-hybridized carbons (Fsp3) is 0.308. The second kappa shape index (κ2) is 5.79. The van der Waals surface area contributed by atoms with Gasteiger partial charge >= 0.3 is 13.2 Å². The minimum atomic E-state index is -3.69. The number of hydrogen-bond donors (Lipinski definition) is 1. The fourth-order valence-corrected chi connectivity index (χ4v) is 3.40. The van der Waals surface area contributed by atoms with Crippen molar-refractivity contribution >= 4 is 23.9 Å². The molecule has 6 nitrogen and oxygen atoms in total. The number of rotatable bonds is 5. The van der Waals surface area contributed by atoms with E-state index in [9.17, 15) is 14.5 Å². The Hall–Kier alpha value is -1.62. The summed E-state index contributed by atoms with van der Waals surface area (Å²) >= 11 is 0. The first-order chi connectivity index (χ1) is 9.50. The largest absolute Gasteiger partial charge is 0.508 e. The maximum Gasteiger partial charge on any atom is 0.368 e. The number of hydrogen-bond acceptors (Lipinski definition) is 6. The van der Waals surface area contributed by atoms with Gasteiger partial charge in [-0.05, 0) is 32.0 Å². The van der Waals surface area contributed by atoms with Crippen molar-refractivity contribution in [3.05, 3.63) is 34.7 Å². The zero-order chi connectivity index (χ0) is 14.8. The number of phenolic OH excluding ortho intramolecular Hbond substituents is 1. The van der Waals surface area contributed by atoms with E-state index in [1.54, 1.807) is 19.9 Å². The molecule has 1 heterocycles. The summed E-state index contributed by atoms with van der Waals surface area (Å²) in [6, 6.07) is 5.72. The van der Waals surface area contributed by atoms with Gasteiger partial charge in [-0.25, -0.2) is 4.79 Å². The van der Waals surface area contributed by atoms with Crippen LogP contribution in [0.3, 0.4) is 0 Å². The van der Waals surface area contributed by atoms with Gasteiger partial charge in [0.15, 0.2) is 5.30 Å². The third-order valence-electron chi connectivity index (χ3n) is 2.59. The predicted molar refractivity (Wildman–Crippen MR) is 74.6 cm³/mol. The molecule has 0 aliphatic rings. The molecule has 0 saturated carbocycles. The van der Waals surface area contributed by atoms with Crippen LogP contribution >= 0.6 is 7.60 Å². The standard InChI is InChI=1S/C13H15O6P/c1-3-17-20(16,18-4-2)12-7-9-5-6-10(14)8-11(9)19-13(12)15/h5-8,14H,3-4H2,1-2H3. The van der Waals surface area contributed by atoms with Crippen LogP contribution in [0.5, 0.6) is 5.75 Å². The summed E-state index contributed by atoms with van der Waals surface area (Å²) in [4.78, 5) is 12.0. The van der Waals surface area contributed by atoms with Gasteiger partial charge in [0.2, 0.25) is 0 Å². The van der Waals surface area contributed by atoms with Crippen LogP contribution in [0.4, 0.5) is 0 Å². The molecule has 1 N–H and O–H groups in total. The molecule has 20 heavy (non-hydrogen) atoms. The van der Waals surface area contributed by atoms with Gasteiger partial charge in [0, 0.05) is 11.5 Å². The smallest absolute Gasteiger partial charge is 0.368 e. The monoisotopic (exact) mass is 298 g/mol. The molecule has 0 amide bonds. The Morgan fingerprint density at radius 2 is 1.85 bits per heavy atom. The van der Waals surface area contributed by atoms with E-state index in [2.05, 4.69) is 0 Å². The zero-order valence-corrected chi connectivity index (χ0v) is 12.1. The van der Waals surface area contributed by atoms with Crippen LogP contribution < -0.4 is 10.9 Å². The minimum absolute atomic E-state index is 0.0220. The normalized spacial score (nSPS) is 11.9. The molecule has 0 spiro atoms. The Morgan fingerprint density at radius 1 is 1.20 bits per heavy atom. The van der Waals surface area contributed by atoms with Crippen molar-refractivity contribution in [1.29, 1.82) is 0 Å². The van der Waals surface area contributed by atoms with Crippen LogP contribution in [-0.2, 0) is 13.6 Å². The predicted octanol–water partition coefficient (Wildman–Crippen LogP) is 2.39. The second-order valence-corrected chi connectivity index (χ2v) is 5.97. The summed E-state index contributed by atoms with van der Waals surface area (Å²) in [5, 5.41) is 9.74. The second-order valence-electron chi connectivity index (χ2n) is 3.97. The lowest BCUT2D eigenvalue weighted by Gasteiger charge is -2.16. The van der Waals surface area contributed by atoms with Crippen molar-refractivity contribution < 1.29 is 23.1 Å². The van der Waals surface area contributed by atoms with Crippen molar-refractivity contribution in [2.75, 3.05) is 13.2 Å². The first-order valence-electron chi connectivity index (χ1n) is 6.16. The van der Waals surface area contributed by atoms with Gasteiger partial charge in [0.1, 0.15) is 11.3 Å². The number of benzene rings is 1. The summed E-state index contributed by atoms with van der Waals surface area (Å²) < 4.78 is 27.9. The van der Waals surface area contributed by atoms with E-state index in [0.29, 0.717) is 5.39 Å². The highest BCUT2D eigenvalue weighted by atomic mass is 31.2. The molecule has 7 heteroatoms. The number of phenols is 1. The molecule has 2 aromatic rings. The molecular weight excluding hydrogens is 283 g/mol. The Kier molecular flexibility index (Phi) is 4.28. The van der Waals surface area contributed by atoms with E-state index in [1.807, 2.05) is 0 Å². The van der Waals surface area contributed by atoms with E-state index in [4.69, 9.17) is 13.5 Å². The highest BCUT2D eigenvalue weighted by Gasteiger charge is 2.31.